The fourth-order valence-electron chi connectivity index (χ4n) is 4.15. The number of aromatic nitrogens is 1. The van der Waals surface area contributed by atoms with Gasteiger partial charge in [-0.1, -0.05) is 45.4 Å². The lowest BCUT2D eigenvalue weighted by Crippen LogP contribution is -2.41. The number of amides is 3. The van der Waals surface area contributed by atoms with Crippen molar-refractivity contribution in [3.05, 3.63) is 41.1 Å². The Morgan fingerprint density at radius 3 is 2.65 bits per heavy atom. The highest BCUT2D eigenvalue weighted by molar-refractivity contribution is 6.06. The van der Waals surface area contributed by atoms with E-state index in [-0.39, 0.29) is 5.41 Å². The average Bonchev–Trinajstić information content (AvgIpc) is 2.75. The normalized spacial score (nSPS) is 15.8. The summed E-state index contributed by atoms with van der Waals surface area (Å²) < 4.78 is 5.33. The molecule has 166 valence electrons. The summed E-state index contributed by atoms with van der Waals surface area (Å²) in [7, 11) is 0. The van der Waals surface area contributed by atoms with Crippen molar-refractivity contribution < 1.29 is 19.1 Å². The van der Waals surface area contributed by atoms with Crippen LogP contribution in [0.4, 0.5) is 4.79 Å². The topological polar surface area (TPSA) is 97.4 Å². The first-order valence-corrected chi connectivity index (χ1v) is 10.9. The van der Waals surface area contributed by atoms with Crippen LogP contribution < -0.4 is 10.6 Å². The van der Waals surface area contributed by atoms with E-state index in [1.54, 1.807) is 6.92 Å². The van der Waals surface area contributed by atoms with Crippen molar-refractivity contribution in [2.24, 2.45) is 11.3 Å². The van der Waals surface area contributed by atoms with Gasteiger partial charge in [0.25, 0.3) is 5.91 Å². The summed E-state index contributed by atoms with van der Waals surface area (Å²) >= 11 is 0. The van der Waals surface area contributed by atoms with Gasteiger partial charge in [-0.3, -0.25) is 15.1 Å². The number of para-hydroxylation sites is 1. The quantitative estimate of drug-likeness (QED) is 0.687. The zero-order valence-electron chi connectivity index (χ0n) is 18.7. The molecular formula is C24H31N3O4. The van der Waals surface area contributed by atoms with Gasteiger partial charge in [0.15, 0.2) is 6.61 Å². The van der Waals surface area contributed by atoms with Gasteiger partial charge in [0.1, 0.15) is 0 Å². The Bertz CT molecular complexity index is 1000. The number of fused-ring (bicyclic) bond motifs is 2. The van der Waals surface area contributed by atoms with E-state index in [0.717, 1.165) is 47.8 Å². The van der Waals surface area contributed by atoms with Gasteiger partial charge >= 0.3 is 12.0 Å². The second-order valence-electron chi connectivity index (χ2n) is 8.69. The number of hydrogen-bond donors (Lipinski definition) is 2. The number of imide groups is 1. The number of pyridine rings is 1. The minimum Gasteiger partial charge on any atom is -0.452 e. The van der Waals surface area contributed by atoms with Crippen LogP contribution >= 0.6 is 0 Å². The highest BCUT2D eigenvalue weighted by Crippen LogP contribution is 2.41. The fourth-order valence-corrected chi connectivity index (χ4v) is 4.15. The van der Waals surface area contributed by atoms with Crippen LogP contribution in [0, 0.1) is 11.3 Å². The van der Waals surface area contributed by atoms with Crippen molar-refractivity contribution >= 4 is 28.8 Å². The lowest BCUT2D eigenvalue weighted by Gasteiger charge is -2.37. The van der Waals surface area contributed by atoms with Crippen molar-refractivity contribution in [2.45, 2.75) is 53.4 Å². The molecule has 1 aliphatic carbocycles. The molecule has 0 aliphatic heterocycles. The van der Waals surface area contributed by atoms with Crippen LogP contribution in [0.5, 0.6) is 0 Å². The molecule has 0 fully saturated rings. The molecular weight excluding hydrogens is 394 g/mol. The van der Waals surface area contributed by atoms with E-state index < -0.39 is 24.5 Å². The molecule has 1 aromatic heterocycles. The molecule has 1 aliphatic rings. The van der Waals surface area contributed by atoms with Gasteiger partial charge in [-0.15, -0.1) is 0 Å². The van der Waals surface area contributed by atoms with E-state index in [2.05, 4.69) is 31.4 Å². The summed E-state index contributed by atoms with van der Waals surface area (Å²) in [6, 6.07) is 6.90. The molecule has 3 rings (SSSR count). The second kappa shape index (κ2) is 9.45. The molecule has 1 aromatic carbocycles. The zero-order valence-corrected chi connectivity index (χ0v) is 18.7. The number of urea groups is 1. The minimum atomic E-state index is -0.670. The molecule has 3 amide bonds. The van der Waals surface area contributed by atoms with Crippen LogP contribution in [-0.2, 0) is 22.4 Å². The van der Waals surface area contributed by atoms with Crippen molar-refractivity contribution in [3.63, 3.8) is 0 Å². The molecule has 0 saturated carbocycles. The maximum atomic E-state index is 13.1. The highest BCUT2D eigenvalue weighted by atomic mass is 16.5. The van der Waals surface area contributed by atoms with Crippen molar-refractivity contribution in [1.29, 1.82) is 0 Å². The number of carbonyl (C=O) groups excluding carboxylic acids is 3. The number of aryl methyl sites for hydroxylation is 1. The van der Waals surface area contributed by atoms with Crippen molar-refractivity contribution in [2.75, 3.05) is 13.2 Å². The van der Waals surface area contributed by atoms with Crippen molar-refractivity contribution in [3.8, 4) is 0 Å². The number of benzene rings is 1. The predicted molar refractivity (Wildman–Crippen MR) is 119 cm³/mol. The monoisotopic (exact) mass is 425 g/mol. The van der Waals surface area contributed by atoms with Gasteiger partial charge in [-0.25, -0.2) is 9.59 Å². The number of esters is 1. The van der Waals surface area contributed by atoms with Gasteiger partial charge in [0, 0.05) is 17.6 Å². The second-order valence-corrected chi connectivity index (χ2v) is 8.69. The third kappa shape index (κ3) is 5.03. The molecule has 0 bridgehead atoms. The van der Waals surface area contributed by atoms with Crippen molar-refractivity contribution in [1.82, 2.24) is 15.6 Å². The number of ether oxygens (including phenoxy) is 1. The first-order valence-electron chi connectivity index (χ1n) is 10.9. The molecule has 2 N–H and O–H groups in total. The largest absolute Gasteiger partial charge is 0.452 e. The molecule has 0 radical (unpaired) electrons. The lowest BCUT2D eigenvalue weighted by atomic mass is 9.68. The van der Waals surface area contributed by atoms with Crippen LogP contribution in [-0.4, -0.2) is 36.0 Å². The first kappa shape index (κ1) is 22.7. The minimum absolute atomic E-state index is 0.150. The molecule has 31 heavy (non-hydrogen) atoms. The third-order valence-electron chi connectivity index (χ3n) is 6.40. The van der Waals surface area contributed by atoms with Gasteiger partial charge in [-0.2, -0.15) is 0 Å². The summed E-state index contributed by atoms with van der Waals surface area (Å²) in [5.74, 6) is -0.798. The maximum absolute atomic E-state index is 13.1. The fraction of sp³-hybridized carbons (Fsp3) is 0.500. The number of nitrogens with one attached hydrogen (secondary N) is 2. The Balaban J connectivity index is 1.90. The Kier molecular flexibility index (Phi) is 6.93. The standard InChI is InChI=1S/C24H31N3O4/c1-5-24(3,4)15-11-12-19-17(13-15)21(16-9-7-8-10-18(16)26-19)22(29)31-14-20(28)27-23(30)25-6-2/h7-10,15H,5-6,11-14H2,1-4H3,(H2,25,27,28,30)/t15-/m1/s1. The molecule has 0 saturated heterocycles. The van der Waals surface area contributed by atoms with E-state index >= 15 is 0 Å². The Labute approximate surface area is 182 Å². The first-order chi connectivity index (χ1) is 14.8. The number of hydrogen-bond acceptors (Lipinski definition) is 5. The predicted octanol–water partition coefficient (Wildman–Crippen LogP) is 3.78. The molecule has 7 heteroatoms. The van der Waals surface area contributed by atoms with E-state index in [9.17, 15) is 14.4 Å². The SMILES string of the molecule is CCNC(=O)NC(=O)COC(=O)c1c2c(nc3ccccc13)CC[C@@H](C(C)(C)CC)C2. The van der Waals surface area contributed by atoms with Crippen LogP contribution in [0.15, 0.2) is 24.3 Å². The number of carbonyl (C=O) groups is 3. The summed E-state index contributed by atoms with van der Waals surface area (Å²) in [6.07, 6.45) is 3.65. The summed E-state index contributed by atoms with van der Waals surface area (Å²) in [5.41, 5.74) is 3.24. The van der Waals surface area contributed by atoms with Gasteiger partial charge in [-0.05, 0) is 49.1 Å². The molecule has 7 nitrogen and oxygen atoms in total. The molecule has 2 aromatic rings. The molecule has 0 unspecified atom stereocenters. The van der Waals surface area contributed by atoms with Gasteiger partial charge in [0.05, 0.1) is 11.1 Å². The zero-order chi connectivity index (χ0) is 22.6. The van der Waals surface area contributed by atoms with E-state index in [0.29, 0.717) is 18.0 Å². The Morgan fingerprint density at radius 2 is 1.94 bits per heavy atom. The highest BCUT2D eigenvalue weighted by Gasteiger charge is 2.34. The Morgan fingerprint density at radius 1 is 1.19 bits per heavy atom. The molecule has 0 spiro atoms. The third-order valence-corrected chi connectivity index (χ3v) is 6.40. The van der Waals surface area contributed by atoms with Gasteiger partial charge < -0.3 is 10.1 Å². The van der Waals surface area contributed by atoms with E-state index in [1.807, 2.05) is 24.3 Å². The molecule has 1 heterocycles. The molecule has 1 atom stereocenters. The van der Waals surface area contributed by atoms with Crippen LogP contribution in [0.2, 0.25) is 0 Å². The van der Waals surface area contributed by atoms with Crippen LogP contribution in [0.1, 0.15) is 62.2 Å². The summed E-state index contributed by atoms with van der Waals surface area (Å²) in [5, 5.41) is 5.34. The summed E-state index contributed by atoms with van der Waals surface area (Å²) in [6.45, 7) is 8.34. The number of nitrogens with zero attached hydrogens (tertiary/aromatic N) is 1. The maximum Gasteiger partial charge on any atom is 0.339 e. The number of rotatable bonds is 6. The summed E-state index contributed by atoms with van der Waals surface area (Å²) in [4.78, 5) is 41.4. The van der Waals surface area contributed by atoms with E-state index in [4.69, 9.17) is 9.72 Å². The Hall–Kier alpha value is -2.96. The van der Waals surface area contributed by atoms with E-state index in [1.165, 1.54) is 0 Å². The smallest absolute Gasteiger partial charge is 0.339 e. The van der Waals surface area contributed by atoms with Gasteiger partial charge in [0.2, 0.25) is 0 Å². The van der Waals surface area contributed by atoms with Crippen LogP contribution in [0.3, 0.4) is 0 Å². The van der Waals surface area contributed by atoms with Crippen LogP contribution in [0.25, 0.3) is 10.9 Å². The average molecular weight is 426 g/mol. The lowest BCUT2D eigenvalue weighted by molar-refractivity contribution is -0.123.